The van der Waals surface area contributed by atoms with Crippen LogP contribution in [0.3, 0.4) is 0 Å². The summed E-state index contributed by atoms with van der Waals surface area (Å²) >= 11 is 0. The molecule has 0 bridgehead atoms. The van der Waals surface area contributed by atoms with Crippen LogP contribution in [0.1, 0.15) is 15.9 Å². The van der Waals surface area contributed by atoms with Crippen LogP contribution >= 0.6 is 0 Å². The zero-order chi connectivity index (χ0) is 24.2. The van der Waals surface area contributed by atoms with Gasteiger partial charge in [-0.2, -0.15) is 0 Å². The zero-order valence-corrected chi connectivity index (χ0v) is 18.4. The molecule has 2 aromatic carbocycles. The van der Waals surface area contributed by atoms with Crippen molar-refractivity contribution in [3.63, 3.8) is 0 Å². The third-order valence-corrected chi connectivity index (χ3v) is 5.66. The first-order valence-electron chi connectivity index (χ1n) is 10.8. The number of aryl methyl sites for hydroxylation is 1. The summed E-state index contributed by atoms with van der Waals surface area (Å²) in [4.78, 5) is 16.6. The predicted molar refractivity (Wildman–Crippen MR) is 123 cm³/mol. The van der Waals surface area contributed by atoms with Crippen molar-refractivity contribution in [2.24, 2.45) is 0 Å². The van der Waals surface area contributed by atoms with E-state index in [1.54, 1.807) is 54.9 Å². The summed E-state index contributed by atoms with van der Waals surface area (Å²) in [6, 6.07) is 16.0. The number of carbonyl (C=O) groups excluding carboxylic acids is 1. The summed E-state index contributed by atoms with van der Waals surface area (Å²) in [6.45, 7) is 1.27. The molecule has 1 aliphatic heterocycles. The van der Waals surface area contributed by atoms with Crippen LogP contribution in [0.15, 0.2) is 67.0 Å². The van der Waals surface area contributed by atoms with E-state index in [0.717, 1.165) is 16.7 Å². The van der Waals surface area contributed by atoms with Crippen molar-refractivity contribution in [1.82, 2.24) is 4.98 Å². The Morgan fingerprint density at radius 2 is 1.74 bits per heavy atom. The Balaban J connectivity index is 1.50. The Bertz CT molecular complexity index is 1140. The van der Waals surface area contributed by atoms with E-state index in [1.165, 1.54) is 0 Å². The Labute approximate surface area is 196 Å². The molecule has 0 spiro atoms. The second kappa shape index (κ2) is 10.3. The second-order valence-electron chi connectivity index (χ2n) is 8.07. The van der Waals surface area contributed by atoms with E-state index in [9.17, 15) is 25.2 Å². The summed E-state index contributed by atoms with van der Waals surface area (Å²) in [7, 11) is 0. The molecule has 1 amide bonds. The minimum atomic E-state index is -1.52. The van der Waals surface area contributed by atoms with Crippen LogP contribution in [-0.2, 0) is 4.74 Å². The summed E-state index contributed by atoms with van der Waals surface area (Å²) in [5, 5.41) is 42.3. The summed E-state index contributed by atoms with van der Waals surface area (Å²) < 4.78 is 11.2. The minimum Gasteiger partial charge on any atom is -0.462 e. The minimum absolute atomic E-state index is 0.243. The number of pyridine rings is 1. The first-order valence-corrected chi connectivity index (χ1v) is 10.8. The van der Waals surface area contributed by atoms with Crippen LogP contribution in [0, 0.1) is 6.92 Å². The normalized spacial score (nSPS) is 24.4. The molecule has 1 saturated heterocycles. The highest BCUT2D eigenvalue weighted by Crippen LogP contribution is 2.30. The molecular weight excluding hydrogens is 440 g/mol. The molecule has 0 radical (unpaired) electrons. The van der Waals surface area contributed by atoms with Crippen molar-refractivity contribution in [2.75, 3.05) is 11.9 Å². The lowest BCUT2D eigenvalue weighted by molar-refractivity contribution is -0.277. The number of anilines is 1. The topological polar surface area (TPSA) is 141 Å². The van der Waals surface area contributed by atoms with Gasteiger partial charge in [0.1, 0.15) is 30.2 Å². The summed E-state index contributed by atoms with van der Waals surface area (Å²) in [6.07, 6.45) is -3.58. The SMILES string of the molecule is Cc1cc(-c2cccc(C(=O)Nc3ccncc3)c2)ccc1O[C@H]1O[C@@H](CO)[C@@H](O)[C@H](O)[C@H]1O. The van der Waals surface area contributed by atoms with E-state index in [2.05, 4.69) is 10.3 Å². The van der Waals surface area contributed by atoms with Gasteiger partial charge in [-0.15, -0.1) is 0 Å². The smallest absolute Gasteiger partial charge is 0.255 e. The molecule has 0 unspecified atom stereocenters. The predicted octanol–water partition coefficient (Wildman–Crippen LogP) is 1.49. The van der Waals surface area contributed by atoms with Crippen molar-refractivity contribution >= 4 is 11.6 Å². The third-order valence-electron chi connectivity index (χ3n) is 5.66. The number of nitrogens with one attached hydrogen (secondary N) is 1. The molecule has 3 aromatic rings. The van der Waals surface area contributed by atoms with E-state index in [1.807, 2.05) is 19.1 Å². The van der Waals surface area contributed by atoms with Gasteiger partial charge in [0.25, 0.3) is 5.91 Å². The monoisotopic (exact) mass is 466 g/mol. The molecule has 34 heavy (non-hydrogen) atoms. The van der Waals surface area contributed by atoms with Gasteiger partial charge in [0.2, 0.25) is 6.29 Å². The van der Waals surface area contributed by atoms with Crippen molar-refractivity contribution in [3.05, 3.63) is 78.1 Å². The van der Waals surface area contributed by atoms with Gasteiger partial charge in [-0.1, -0.05) is 18.2 Å². The highest BCUT2D eigenvalue weighted by Gasteiger charge is 2.44. The van der Waals surface area contributed by atoms with E-state index < -0.39 is 37.3 Å². The maximum absolute atomic E-state index is 12.6. The lowest BCUT2D eigenvalue weighted by atomic mass is 9.99. The largest absolute Gasteiger partial charge is 0.462 e. The molecule has 9 nitrogen and oxygen atoms in total. The number of ether oxygens (including phenoxy) is 2. The molecule has 178 valence electrons. The molecule has 5 atom stereocenters. The van der Waals surface area contributed by atoms with Crippen LogP contribution in [0.25, 0.3) is 11.1 Å². The maximum Gasteiger partial charge on any atom is 0.255 e. The molecule has 5 N–H and O–H groups in total. The number of aromatic nitrogens is 1. The van der Waals surface area contributed by atoms with Gasteiger partial charge in [-0.05, 0) is 60.0 Å². The summed E-state index contributed by atoms with van der Waals surface area (Å²) in [5.41, 5.74) is 3.53. The van der Waals surface area contributed by atoms with Gasteiger partial charge in [0, 0.05) is 23.6 Å². The molecule has 1 aliphatic rings. The zero-order valence-electron chi connectivity index (χ0n) is 18.4. The van der Waals surface area contributed by atoms with Gasteiger partial charge in [0.15, 0.2) is 0 Å². The lowest BCUT2D eigenvalue weighted by Crippen LogP contribution is -2.60. The Kier molecular flexibility index (Phi) is 7.20. The second-order valence-corrected chi connectivity index (χ2v) is 8.07. The number of hydrogen-bond donors (Lipinski definition) is 5. The van der Waals surface area contributed by atoms with Crippen molar-refractivity contribution in [2.45, 2.75) is 37.6 Å². The molecule has 1 aromatic heterocycles. The van der Waals surface area contributed by atoms with Crippen LogP contribution in [-0.4, -0.2) is 68.6 Å². The molecule has 0 saturated carbocycles. The van der Waals surface area contributed by atoms with Crippen LogP contribution < -0.4 is 10.1 Å². The van der Waals surface area contributed by atoms with Crippen molar-refractivity contribution in [1.29, 1.82) is 0 Å². The van der Waals surface area contributed by atoms with Gasteiger partial charge >= 0.3 is 0 Å². The van der Waals surface area contributed by atoms with Gasteiger partial charge in [-0.25, -0.2) is 0 Å². The van der Waals surface area contributed by atoms with Gasteiger partial charge in [-0.3, -0.25) is 9.78 Å². The number of nitrogens with zero attached hydrogens (tertiary/aromatic N) is 1. The Morgan fingerprint density at radius 1 is 1.00 bits per heavy atom. The molecule has 2 heterocycles. The number of aliphatic hydroxyl groups is 4. The number of hydrogen-bond acceptors (Lipinski definition) is 8. The highest BCUT2D eigenvalue weighted by atomic mass is 16.7. The summed E-state index contributed by atoms with van der Waals surface area (Å²) in [5.74, 6) is 0.159. The number of carbonyl (C=O) groups is 1. The number of amides is 1. The molecular formula is C25H26N2O7. The van der Waals surface area contributed by atoms with Crippen LogP contribution in [0.4, 0.5) is 5.69 Å². The number of benzene rings is 2. The lowest BCUT2D eigenvalue weighted by Gasteiger charge is -2.39. The standard InChI is InChI=1S/C25H26N2O7/c1-14-11-16(5-6-19(14)33-25-23(31)22(30)21(29)20(13-28)34-25)15-3-2-4-17(12-15)24(32)27-18-7-9-26-10-8-18/h2-12,20-23,25,28-31H,13H2,1H3,(H,26,27,32)/t20-,21+,22-,23+,25-/m0/s1. The molecule has 0 aliphatic carbocycles. The van der Waals surface area contributed by atoms with Crippen molar-refractivity contribution < 1.29 is 34.7 Å². The highest BCUT2D eigenvalue weighted by molar-refractivity contribution is 6.04. The fourth-order valence-electron chi connectivity index (χ4n) is 3.73. The average Bonchev–Trinajstić information content (AvgIpc) is 2.86. The molecule has 1 fully saturated rings. The fourth-order valence-corrected chi connectivity index (χ4v) is 3.73. The third kappa shape index (κ3) is 5.09. The maximum atomic E-state index is 12.6. The van der Waals surface area contributed by atoms with E-state index in [0.29, 0.717) is 17.0 Å². The first kappa shape index (κ1) is 23.8. The van der Waals surface area contributed by atoms with E-state index >= 15 is 0 Å². The average molecular weight is 466 g/mol. The van der Waals surface area contributed by atoms with Crippen LogP contribution in [0.5, 0.6) is 5.75 Å². The van der Waals surface area contributed by atoms with Crippen molar-refractivity contribution in [3.8, 4) is 16.9 Å². The van der Waals surface area contributed by atoms with Gasteiger partial charge in [0.05, 0.1) is 6.61 Å². The Morgan fingerprint density at radius 3 is 2.44 bits per heavy atom. The first-order chi connectivity index (χ1) is 16.4. The molecule has 4 rings (SSSR count). The van der Waals surface area contributed by atoms with Crippen LogP contribution in [0.2, 0.25) is 0 Å². The van der Waals surface area contributed by atoms with Gasteiger partial charge < -0.3 is 35.2 Å². The molecule has 9 heteroatoms. The number of aliphatic hydroxyl groups excluding tert-OH is 4. The number of rotatable bonds is 6. The van der Waals surface area contributed by atoms with E-state index in [-0.39, 0.29) is 5.91 Å². The Hall–Kier alpha value is -3.34. The van der Waals surface area contributed by atoms with E-state index in [4.69, 9.17) is 9.47 Å². The quantitative estimate of drug-likeness (QED) is 0.368. The fraction of sp³-hybridized carbons (Fsp3) is 0.280.